The number of nitrogens with two attached hydrogens (primary N) is 2. The van der Waals surface area contributed by atoms with Gasteiger partial charge in [0.2, 0.25) is 0 Å². The second-order valence-corrected chi connectivity index (χ2v) is 7.45. The third-order valence-electron chi connectivity index (χ3n) is 5.77. The molecular weight excluding hydrogens is 361 g/mol. The van der Waals surface area contributed by atoms with E-state index < -0.39 is 5.82 Å². The van der Waals surface area contributed by atoms with Gasteiger partial charge in [-0.25, -0.2) is 19.0 Å². The van der Waals surface area contributed by atoms with Gasteiger partial charge in [-0.15, -0.1) is 0 Å². The van der Waals surface area contributed by atoms with Gasteiger partial charge in [0.25, 0.3) is 0 Å². The summed E-state index contributed by atoms with van der Waals surface area (Å²) in [6.07, 6.45) is 3.38. The van der Waals surface area contributed by atoms with Gasteiger partial charge in [0.05, 0.1) is 36.4 Å². The number of nitrogens with zero attached hydrogens (tertiary/aromatic N) is 5. The normalized spacial score (nSPS) is 19.2. The second-order valence-electron chi connectivity index (χ2n) is 7.45. The average Bonchev–Trinajstić information content (AvgIpc) is 3.04. The van der Waals surface area contributed by atoms with Crippen LogP contribution in [0.2, 0.25) is 0 Å². The van der Waals surface area contributed by atoms with Crippen LogP contribution in [0.25, 0.3) is 22.3 Å². The molecule has 0 unspecified atom stereocenters. The Morgan fingerprint density at radius 1 is 1.07 bits per heavy atom. The minimum atomic E-state index is -0.480. The van der Waals surface area contributed by atoms with Crippen LogP contribution in [0.15, 0.2) is 24.5 Å². The van der Waals surface area contributed by atoms with Crippen LogP contribution in [0.3, 0.4) is 0 Å². The molecule has 9 heteroatoms. The van der Waals surface area contributed by atoms with Gasteiger partial charge < -0.3 is 16.2 Å². The lowest BCUT2D eigenvalue weighted by Gasteiger charge is -2.41. The maximum absolute atomic E-state index is 14.0. The molecule has 3 aromatic rings. The van der Waals surface area contributed by atoms with Gasteiger partial charge in [0, 0.05) is 18.7 Å². The minimum Gasteiger partial charge on any atom is -0.396 e. The van der Waals surface area contributed by atoms with Gasteiger partial charge >= 0.3 is 0 Å². The Balaban J connectivity index is 1.53. The van der Waals surface area contributed by atoms with Gasteiger partial charge in [0.15, 0.2) is 5.65 Å². The van der Waals surface area contributed by atoms with Crippen LogP contribution in [0.4, 0.5) is 15.9 Å². The fraction of sp³-hybridized carbons (Fsp3) is 0.421. The molecule has 5 rings (SSSR count). The van der Waals surface area contributed by atoms with Crippen LogP contribution in [0, 0.1) is 5.82 Å². The number of halogens is 1. The molecule has 0 amide bonds. The van der Waals surface area contributed by atoms with E-state index in [0.717, 1.165) is 39.1 Å². The molecule has 0 aliphatic carbocycles. The summed E-state index contributed by atoms with van der Waals surface area (Å²) >= 11 is 0. The molecule has 28 heavy (non-hydrogen) atoms. The number of likely N-dealkylation sites (tertiary alicyclic amines) is 1. The van der Waals surface area contributed by atoms with Crippen molar-refractivity contribution in [1.82, 2.24) is 24.6 Å². The number of fused-ring (bicyclic) bond motifs is 1. The van der Waals surface area contributed by atoms with E-state index in [1.165, 1.54) is 18.5 Å². The highest BCUT2D eigenvalue weighted by molar-refractivity contribution is 5.98. The molecule has 0 spiro atoms. The minimum absolute atomic E-state index is 0.101. The molecular formula is C19H22FN7O. The zero-order valence-corrected chi connectivity index (χ0v) is 15.4. The molecule has 0 radical (unpaired) electrons. The van der Waals surface area contributed by atoms with Gasteiger partial charge in [0.1, 0.15) is 23.7 Å². The standard InChI is InChI=1S/C19H22FN7O/c20-14-7-11(1-2-15(14)21)17-16-18(22)23-10-24-19(16)27(25-17)12-3-5-26(6-4-12)13-8-28-9-13/h1-2,7,10,12-13H,3-6,8-9,21H2,(H2,22,23,24). The number of piperidine rings is 1. The Labute approximate surface area is 161 Å². The SMILES string of the molecule is Nc1ccc(-c2nn(C3CCN(C4COC4)CC3)c3ncnc(N)c23)cc1F. The Morgan fingerprint density at radius 2 is 1.86 bits per heavy atom. The second kappa shape index (κ2) is 6.68. The summed E-state index contributed by atoms with van der Waals surface area (Å²) in [5, 5.41) is 5.46. The average molecular weight is 383 g/mol. The van der Waals surface area contributed by atoms with Crippen molar-refractivity contribution >= 4 is 22.5 Å². The van der Waals surface area contributed by atoms with E-state index in [4.69, 9.17) is 21.3 Å². The zero-order chi connectivity index (χ0) is 19.3. The largest absolute Gasteiger partial charge is 0.396 e. The molecule has 146 valence electrons. The number of ether oxygens (including phenoxy) is 1. The molecule has 4 N–H and O–H groups in total. The van der Waals surface area contributed by atoms with Crippen LogP contribution in [-0.2, 0) is 4.74 Å². The molecule has 2 fully saturated rings. The molecule has 2 saturated heterocycles. The number of aromatic nitrogens is 4. The molecule has 1 aromatic carbocycles. The highest BCUT2D eigenvalue weighted by atomic mass is 19.1. The fourth-order valence-electron chi connectivity index (χ4n) is 4.06. The van der Waals surface area contributed by atoms with Crippen molar-refractivity contribution in [3.63, 3.8) is 0 Å². The highest BCUT2D eigenvalue weighted by Crippen LogP contribution is 2.35. The summed E-state index contributed by atoms with van der Waals surface area (Å²) in [5.41, 5.74) is 13.8. The molecule has 0 bridgehead atoms. The molecule has 0 saturated carbocycles. The highest BCUT2D eigenvalue weighted by Gasteiger charge is 2.31. The van der Waals surface area contributed by atoms with Crippen molar-refractivity contribution < 1.29 is 9.13 Å². The van der Waals surface area contributed by atoms with Crippen molar-refractivity contribution in [2.24, 2.45) is 0 Å². The van der Waals surface area contributed by atoms with Crippen molar-refractivity contribution in [2.45, 2.75) is 24.9 Å². The summed E-state index contributed by atoms with van der Waals surface area (Å²) in [7, 11) is 0. The number of rotatable bonds is 3. The monoisotopic (exact) mass is 383 g/mol. The van der Waals surface area contributed by atoms with E-state index >= 15 is 0 Å². The Bertz CT molecular complexity index is 1020. The van der Waals surface area contributed by atoms with Crippen LogP contribution in [0.1, 0.15) is 18.9 Å². The molecule has 2 aliphatic rings. The molecule has 2 aliphatic heterocycles. The van der Waals surface area contributed by atoms with Gasteiger partial charge in [-0.05, 0) is 25.0 Å². The Hall–Kier alpha value is -2.78. The number of hydrogen-bond donors (Lipinski definition) is 2. The van der Waals surface area contributed by atoms with E-state index in [-0.39, 0.29) is 11.7 Å². The predicted octanol–water partition coefficient (Wildman–Crippen LogP) is 1.83. The van der Waals surface area contributed by atoms with Crippen molar-refractivity contribution in [2.75, 3.05) is 37.8 Å². The van der Waals surface area contributed by atoms with Gasteiger partial charge in [-0.1, -0.05) is 6.07 Å². The van der Waals surface area contributed by atoms with Crippen LogP contribution >= 0.6 is 0 Å². The maximum Gasteiger partial charge on any atom is 0.164 e. The lowest BCUT2D eigenvalue weighted by atomic mass is 10.0. The maximum atomic E-state index is 14.0. The first-order valence-electron chi connectivity index (χ1n) is 9.47. The predicted molar refractivity (Wildman–Crippen MR) is 104 cm³/mol. The van der Waals surface area contributed by atoms with Crippen molar-refractivity contribution in [1.29, 1.82) is 0 Å². The number of benzene rings is 1. The smallest absolute Gasteiger partial charge is 0.164 e. The van der Waals surface area contributed by atoms with E-state index in [0.29, 0.717) is 34.2 Å². The zero-order valence-electron chi connectivity index (χ0n) is 15.4. The Kier molecular flexibility index (Phi) is 4.13. The quantitative estimate of drug-likeness (QED) is 0.664. The van der Waals surface area contributed by atoms with Crippen LogP contribution < -0.4 is 11.5 Å². The number of anilines is 2. The summed E-state index contributed by atoms with van der Waals surface area (Å²) in [5.74, 6) is -0.140. The van der Waals surface area contributed by atoms with Gasteiger partial charge in [-0.2, -0.15) is 5.10 Å². The first kappa shape index (κ1) is 17.3. The van der Waals surface area contributed by atoms with E-state index in [2.05, 4.69) is 14.9 Å². The first-order chi connectivity index (χ1) is 13.6. The van der Waals surface area contributed by atoms with E-state index in [1.807, 2.05) is 4.68 Å². The fourth-order valence-corrected chi connectivity index (χ4v) is 4.06. The summed E-state index contributed by atoms with van der Waals surface area (Å²) < 4.78 is 21.3. The summed E-state index contributed by atoms with van der Waals surface area (Å²) in [6, 6.07) is 5.42. The third-order valence-corrected chi connectivity index (χ3v) is 5.77. The van der Waals surface area contributed by atoms with Gasteiger partial charge in [-0.3, -0.25) is 4.90 Å². The third kappa shape index (κ3) is 2.78. The number of nitrogen functional groups attached to an aromatic ring is 2. The van der Waals surface area contributed by atoms with Crippen LogP contribution in [-0.4, -0.2) is 57.0 Å². The summed E-state index contributed by atoms with van der Waals surface area (Å²) in [4.78, 5) is 11.0. The lowest BCUT2D eigenvalue weighted by Crippen LogP contribution is -2.51. The molecule has 8 nitrogen and oxygen atoms in total. The Morgan fingerprint density at radius 3 is 2.54 bits per heavy atom. The molecule has 2 aromatic heterocycles. The molecule has 0 atom stereocenters. The van der Waals surface area contributed by atoms with Crippen molar-refractivity contribution in [3.8, 4) is 11.3 Å². The first-order valence-corrected chi connectivity index (χ1v) is 9.47. The lowest BCUT2D eigenvalue weighted by molar-refractivity contribution is -0.0733. The molecule has 4 heterocycles. The van der Waals surface area contributed by atoms with Crippen LogP contribution in [0.5, 0.6) is 0 Å². The van der Waals surface area contributed by atoms with E-state index in [9.17, 15) is 4.39 Å². The topological polar surface area (TPSA) is 108 Å². The summed E-state index contributed by atoms with van der Waals surface area (Å²) in [6.45, 7) is 3.64. The van der Waals surface area contributed by atoms with Crippen molar-refractivity contribution in [3.05, 3.63) is 30.3 Å². The number of hydrogen-bond acceptors (Lipinski definition) is 7. The van der Waals surface area contributed by atoms with E-state index in [1.54, 1.807) is 6.07 Å².